The molecule has 0 N–H and O–H groups in total. The minimum atomic E-state index is -0.759. The number of aryl methyl sites for hydroxylation is 1. The summed E-state index contributed by atoms with van der Waals surface area (Å²) in [6, 6.07) is 11.8. The van der Waals surface area contributed by atoms with Gasteiger partial charge in [0.1, 0.15) is 22.4 Å². The fraction of sp³-hybridized carbons (Fsp3) is 0.280. The summed E-state index contributed by atoms with van der Waals surface area (Å²) in [6.07, 6.45) is 3.36. The maximum absolute atomic E-state index is 15.2. The highest BCUT2D eigenvalue weighted by Crippen LogP contribution is 2.27. The Morgan fingerprint density at radius 1 is 1.18 bits per heavy atom. The third-order valence-corrected chi connectivity index (χ3v) is 5.30. The van der Waals surface area contributed by atoms with E-state index in [-0.39, 0.29) is 11.7 Å². The number of carbonyl (C=O) groups excluding carboxylic acids is 1. The van der Waals surface area contributed by atoms with Gasteiger partial charge in [0.2, 0.25) is 0 Å². The molecule has 1 amide bonds. The molecule has 0 aliphatic rings. The van der Waals surface area contributed by atoms with Crippen LogP contribution >= 0.6 is 11.6 Å². The molecule has 7 nitrogen and oxygen atoms in total. The number of ether oxygens (including phenoxy) is 1. The van der Waals surface area contributed by atoms with Crippen molar-refractivity contribution in [1.82, 2.24) is 19.6 Å². The third kappa shape index (κ3) is 5.02. The SMILES string of the molecule is CCc1cnn2c(N(Cc3ccc(-c4ccccn4)cc3F)C(=O)OC(C)(C)C)cc(Cl)nc12. The van der Waals surface area contributed by atoms with E-state index in [1.54, 1.807) is 57.4 Å². The summed E-state index contributed by atoms with van der Waals surface area (Å²) in [5.74, 6) is -0.139. The summed E-state index contributed by atoms with van der Waals surface area (Å²) in [7, 11) is 0. The average molecular weight is 482 g/mol. The Morgan fingerprint density at radius 2 is 1.97 bits per heavy atom. The second kappa shape index (κ2) is 9.38. The van der Waals surface area contributed by atoms with Crippen LogP contribution in [0.3, 0.4) is 0 Å². The summed E-state index contributed by atoms with van der Waals surface area (Å²) in [4.78, 5) is 23.2. The lowest BCUT2D eigenvalue weighted by atomic mass is 10.1. The van der Waals surface area contributed by atoms with Gasteiger partial charge in [0.25, 0.3) is 0 Å². The van der Waals surface area contributed by atoms with Gasteiger partial charge in [-0.05, 0) is 45.4 Å². The first kappa shape index (κ1) is 23.6. The topological polar surface area (TPSA) is 72.6 Å². The van der Waals surface area contributed by atoms with E-state index in [1.165, 1.54) is 21.5 Å². The van der Waals surface area contributed by atoms with Crippen LogP contribution in [0.25, 0.3) is 16.9 Å². The standard InChI is InChI=1S/C25H25ClFN5O2/c1-5-16-14-29-32-22(13-21(26)30-23(16)32)31(24(33)34-25(2,3)4)15-18-10-9-17(12-19(18)27)20-8-6-7-11-28-20/h6-14H,5,15H2,1-4H3. The number of fused-ring (bicyclic) bond motifs is 1. The van der Waals surface area contributed by atoms with Crippen LogP contribution in [0.15, 0.2) is 54.9 Å². The van der Waals surface area contributed by atoms with E-state index in [9.17, 15) is 4.79 Å². The van der Waals surface area contributed by atoms with Crippen molar-refractivity contribution in [3.63, 3.8) is 0 Å². The predicted octanol–water partition coefficient (Wildman–Crippen LogP) is 6.09. The molecule has 1 aromatic carbocycles. The summed E-state index contributed by atoms with van der Waals surface area (Å²) in [5, 5.41) is 4.58. The molecule has 0 aliphatic carbocycles. The fourth-order valence-electron chi connectivity index (χ4n) is 3.50. The zero-order valence-electron chi connectivity index (χ0n) is 19.4. The largest absolute Gasteiger partial charge is 0.443 e. The molecule has 0 bridgehead atoms. The molecule has 34 heavy (non-hydrogen) atoms. The summed E-state index contributed by atoms with van der Waals surface area (Å²) in [5.41, 5.74) is 2.24. The van der Waals surface area contributed by atoms with Crippen LogP contribution in [0.5, 0.6) is 0 Å². The summed E-state index contributed by atoms with van der Waals surface area (Å²) < 4.78 is 22.4. The molecule has 0 saturated heterocycles. The quantitative estimate of drug-likeness (QED) is 0.322. The maximum Gasteiger partial charge on any atom is 0.416 e. The van der Waals surface area contributed by atoms with Crippen molar-refractivity contribution in [3.05, 3.63) is 77.0 Å². The first-order chi connectivity index (χ1) is 16.2. The van der Waals surface area contributed by atoms with Gasteiger partial charge in [0.05, 0.1) is 18.4 Å². The Kier molecular flexibility index (Phi) is 6.52. The third-order valence-electron chi connectivity index (χ3n) is 5.11. The number of anilines is 1. The van der Waals surface area contributed by atoms with Crippen LogP contribution in [0.2, 0.25) is 5.15 Å². The van der Waals surface area contributed by atoms with E-state index in [1.807, 2.05) is 13.0 Å². The molecule has 176 valence electrons. The average Bonchev–Trinajstić information content (AvgIpc) is 3.20. The van der Waals surface area contributed by atoms with Gasteiger partial charge in [-0.3, -0.25) is 9.88 Å². The normalized spacial score (nSPS) is 11.6. The highest BCUT2D eigenvalue weighted by atomic mass is 35.5. The number of hydrogen-bond acceptors (Lipinski definition) is 5. The number of benzene rings is 1. The van der Waals surface area contributed by atoms with Crippen LogP contribution in [-0.2, 0) is 17.7 Å². The van der Waals surface area contributed by atoms with E-state index < -0.39 is 17.5 Å². The lowest BCUT2D eigenvalue weighted by Crippen LogP contribution is -2.38. The smallest absolute Gasteiger partial charge is 0.416 e. The zero-order valence-corrected chi connectivity index (χ0v) is 20.2. The summed E-state index contributed by atoms with van der Waals surface area (Å²) in [6.45, 7) is 7.18. The molecule has 0 spiro atoms. The molecule has 0 atom stereocenters. The van der Waals surface area contributed by atoms with Crippen molar-refractivity contribution in [2.45, 2.75) is 46.3 Å². The van der Waals surface area contributed by atoms with Crippen LogP contribution < -0.4 is 4.90 Å². The monoisotopic (exact) mass is 481 g/mol. The van der Waals surface area contributed by atoms with Crippen molar-refractivity contribution in [2.75, 3.05) is 4.90 Å². The van der Waals surface area contributed by atoms with E-state index >= 15 is 4.39 Å². The molecule has 0 unspecified atom stereocenters. The Labute approximate surface area is 202 Å². The van der Waals surface area contributed by atoms with Crippen molar-refractivity contribution in [2.24, 2.45) is 0 Å². The number of pyridine rings is 1. The molecule has 0 aliphatic heterocycles. The molecular formula is C25H25ClFN5O2. The second-order valence-electron chi connectivity index (χ2n) is 8.78. The number of rotatable bonds is 5. The molecule has 4 rings (SSSR count). The molecular weight excluding hydrogens is 457 g/mol. The van der Waals surface area contributed by atoms with Crippen molar-refractivity contribution < 1.29 is 13.9 Å². The van der Waals surface area contributed by atoms with Gasteiger partial charge in [-0.25, -0.2) is 14.2 Å². The Balaban J connectivity index is 1.77. The minimum Gasteiger partial charge on any atom is -0.443 e. The highest BCUT2D eigenvalue weighted by molar-refractivity contribution is 6.29. The number of halogens is 2. The Bertz CT molecular complexity index is 1330. The molecule has 0 radical (unpaired) electrons. The zero-order chi connectivity index (χ0) is 24.5. The lowest BCUT2D eigenvalue weighted by Gasteiger charge is -2.28. The molecule has 3 heterocycles. The fourth-order valence-corrected chi connectivity index (χ4v) is 3.68. The maximum atomic E-state index is 15.2. The number of nitrogens with zero attached hydrogens (tertiary/aromatic N) is 5. The number of amides is 1. The molecule has 0 fully saturated rings. The van der Waals surface area contributed by atoms with Crippen molar-refractivity contribution in [1.29, 1.82) is 0 Å². The van der Waals surface area contributed by atoms with E-state index in [2.05, 4.69) is 15.1 Å². The number of aromatic nitrogens is 4. The molecule has 3 aromatic heterocycles. The molecule has 4 aromatic rings. The number of carbonyl (C=O) groups is 1. The van der Waals surface area contributed by atoms with Gasteiger partial charge in [-0.2, -0.15) is 9.61 Å². The van der Waals surface area contributed by atoms with E-state index in [0.717, 1.165) is 5.56 Å². The Hall–Kier alpha value is -3.52. The van der Waals surface area contributed by atoms with Gasteiger partial charge in [-0.1, -0.05) is 36.7 Å². The van der Waals surface area contributed by atoms with E-state index in [4.69, 9.17) is 16.3 Å². The van der Waals surface area contributed by atoms with Gasteiger partial charge < -0.3 is 4.74 Å². The predicted molar refractivity (Wildman–Crippen MR) is 129 cm³/mol. The highest BCUT2D eigenvalue weighted by Gasteiger charge is 2.27. The van der Waals surface area contributed by atoms with Crippen LogP contribution in [0.4, 0.5) is 15.0 Å². The lowest BCUT2D eigenvalue weighted by molar-refractivity contribution is 0.0575. The first-order valence-electron chi connectivity index (χ1n) is 10.9. The van der Waals surface area contributed by atoms with Crippen LogP contribution in [-0.4, -0.2) is 31.3 Å². The van der Waals surface area contributed by atoms with Gasteiger partial charge in [0.15, 0.2) is 5.65 Å². The minimum absolute atomic E-state index is 0.0972. The van der Waals surface area contributed by atoms with E-state index in [0.29, 0.717) is 34.7 Å². The van der Waals surface area contributed by atoms with Gasteiger partial charge in [-0.15, -0.1) is 0 Å². The number of hydrogen-bond donors (Lipinski definition) is 0. The van der Waals surface area contributed by atoms with Crippen LogP contribution in [0, 0.1) is 5.82 Å². The molecule has 9 heteroatoms. The molecule has 0 saturated carbocycles. The second-order valence-corrected chi connectivity index (χ2v) is 9.17. The summed E-state index contributed by atoms with van der Waals surface area (Å²) >= 11 is 6.30. The van der Waals surface area contributed by atoms with Crippen LogP contribution in [0.1, 0.15) is 38.8 Å². The van der Waals surface area contributed by atoms with Gasteiger partial charge in [0, 0.05) is 29.0 Å². The van der Waals surface area contributed by atoms with Crippen molar-refractivity contribution in [3.8, 4) is 11.3 Å². The van der Waals surface area contributed by atoms with Crippen molar-refractivity contribution >= 4 is 29.2 Å². The first-order valence-corrected chi connectivity index (χ1v) is 11.3. The Morgan fingerprint density at radius 3 is 2.62 bits per heavy atom. The van der Waals surface area contributed by atoms with Gasteiger partial charge >= 0.3 is 6.09 Å².